The molecule has 2 heterocycles. The standard InChI is InChI=1S/C24H22N2O2S/c1-14-11-15(2)13-18(12-14)25-22-21(20-9-6-10-29-20)23(27)26(24(22)28)19-8-5-7-16(3)17(19)4/h5-13,25H,1-4H3. The van der Waals surface area contributed by atoms with Gasteiger partial charge in [0.1, 0.15) is 5.70 Å². The molecule has 0 unspecified atom stereocenters. The average Bonchev–Trinajstić information content (AvgIpc) is 3.25. The number of carbonyl (C=O) groups excluding carboxylic acids is 2. The predicted molar refractivity (Wildman–Crippen MR) is 119 cm³/mol. The van der Waals surface area contributed by atoms with E-state index in [0.29, 0.717) is 17.0 Å². The Hall–Kier alpha value is -3.18. The van der Waals surface area contributed by atoms with E-state index >= 15 is 0 Å². The number of aryl methyl sites for hydroxylation is 3. The van der Waals surface area contributed by atoms with Gasteiger partial charge in [0.25, 0.3) is 11.8 Å². The molecular weight excluding hydrogens is 380 g/mol. The van der Waals surface area contributed by atoms with Crippen molar-refractivity contribution in [1.29, 1.82) is 0 Å². The lowest BCUT2D eigenvalue weighted by molar-refractivity contribution is -0.120. The number of nitrogens with one attached hydrogen (secondary N) is 1. The number of amides is 2. The van der Waals surface area contributed by atoms with E-state index in [2.05, 4.69) is 11.4 Å². The van der Waals surface area contributed by atoms with Crippen LogP contribution < -0.4 is 10.2 Å². The van der Waals surface area contributed by atoms with Crippen LogP contribution in [0.4, 0.5) is 11.4 Å². The van der Waals surface area contributed by atoms with Crippen molar-refractivity contribution < 1.29 is 9.59 Å². The number of imide groups is 1. The molecule has 0 saturated carbocycles. The van der Waals surface area contributed by atoms with Gasteiger partial charge in [-0.05, 0) is 79.6 Å². The molecule has 0 saturated heterocycles. The van der Waals surface area contributed by atoms with Crippen molar-refractivity contribution in [2.45, 2.75) is 27.7 Å². The minimum absolute atomic E-state index is 0.293. The van der Waals surface area contributed by atoms with Crippen LogP contribution in [-0.2, 0) is 9.59 Å². The van der Waals surface area contributed by atoms with Gasteiger partial charge in [-0.1, -0.05) is 24.3 Å². The zero-order valence-electron chi connectivity index (χ0n) is 16.9. The van der Waals surface area contributed by atoms with Crippen LogP contribution in [0.3, 0.4) is 0 Å². The van der Waals surface area contributed by atoms with Gasteiger partial charge in [0.2, 0.25) is 0 Å². The van der Waals surface area contributed by atoms with E-state index in [0.717, 1.165) is 32.8 Å². The van der Waals surface area contributed by atoms with Crippen molar-refractivity contribution in [2.24, 2.45) is 0 Å². The second kappa shape index (κ2) is 7.33. The summed E-state index contributed by atoms with van der Waals surface area (Å²) in [6.07, 6.45) is 0. The number of rotatable bonds is 4. The summed E-state index contributed by atoms with van der Waals surface area (Å²) in [5, 5.41) is 5.16. The first kappa shape index (κ1) is 19.2. The molecule has 0 radical (unpaired) electrons. The number of carbonyl (C=O) groups is 2. The third-order valence-corrected chi connectivity index (χ3v) is 6.05. The first-order chi connectivity index (χ1) is 13.9. The van der Waals surface area contributed by atoms with Gasteiger partial charge in [-0.25, -0.2) is 4.90 Å². The molecule has 1 N–H and O–H groups in total. The molecule has 29 heavy (non-hydrogen) atoms. The lowest BCUT2D eigenvalue weighted by Gasteiger charge is -2.19. The summed E-state index contributed by atoms with van der Waals surface area (Å²) in [6.45, 7) is 7.94. The van der Waals surface area contributed by atoms with Gasteiger partial charge in [0, 0.05) is 10.6 Å². The first-order valence-corrected chi connectivity index (χ1v) is 10.3. The van der Waals surface area contributed by atoms with Gasteiger partial charge in [-0.2, -0.15) is 0 Å². The second-order valence-corrected chi connectivity index (χ2v) is 8.34. The number of anilines is 2. The molecular formula is C24H22N2O2S. The molecule has 2 aromatic carbocycles. The van der Waals surface area contributed by atoms with E-state index in [4.69, 9.17) is 0 Å². The van der Waals surface area contributed by atoms with Crippen molar-refractivity contribution in [1.82, 2.24) is 0 Å². The Kier molecular flexibility index (Phi) is 4.84. The molecule has 0 fully saturated rings. The van der Waals surface area contributed by atoms with Crippen molar-refractivity contribution >= 4 is 40.1 Å². The predicted octanol–water partition coefficient (Wildman–Crippen LogP) is 5.38. The van der Waals surface area contributed by atoms with Crippen molar-refractivity contribution in [3.05, 3.63) is 86.7 Å². The van der Waals surface area contributed by atoms with Gasteiger partial charge in [0.05, 0.1) is 11.3 Å². The lowest BCUT2D eigenvalue weighted by Crippen LogP contribution is -2.33. The molecule has 4 nitrogen and oxygen atoms in total. The van der Waals surface area contributed by atoms with Crippen molar-refractivity contribution in [3.8, 4) is 0 Å². The zero-order valence-corrected chi connectivity index (χ0v) is 17.7. The SMILES string of the molecule is Cc1cc(C)cc(NC2=C(c3cccs3)C(=O)N(c3cccc(C)c3C)C2=O)c1. The highest BCUT2D eigenvalue weighted by Gasteiger charge is 2.41. The van der Waals surface area contributed by atoms with Crippen LogP contribution in [-0.4, -0.2) is 11.8 Å². The summed E-state index contributed by atoms with van der Waals surface area (Å²) >= 11 is 1.45. The summed E-state index contributed by atoms with van der Waals surface area (Å²) in [6, 6.07) is 15.5. The van der Waals surface area contributed by atoms with Gasteiger partial charge in [0.15, 0.2) is 0 Å². The highest BCUT2D eigenvalue weighted by molar-refractivity contribution is 7.11. The average molecular weight is 403 g/mol. The molecule has 1 aliphatic heterocycles. The largest absolute Gasteiger partial charge is 0.350 e. The van der Waals surface area contributed by atoms with Crippen molar-refractivity contribution in [2.75, 3.05) is 10.2 Å². The maximum absolute atomic E-state index is 13.4. The van der Waals surface area contributed by atoms with Crippen LogP contribution in [0.1, 0.15) is 27.1 Å². The summed E-state index contributed by atoms with van der Waals surface area (Å²) in [4.78, 5) is 29.0. The third kappa shape index (κ3) is 3.38. The van der Waals surface area contributed by atoms with E-state index in [9.17, 15) is 9.59 Å². The molecule has 0 aliphatic carbocycles. The second-order valence-electron chi connectivity index (χ2n) is 7.39. The van der Waals surface area contributed by atoms with Crippen LogP contribution in [0.25, 0.3) is 5.57 Å². The minimum Gasteiger partial charge on any atom is -0.350 e. The maximum atomic E-state index is 13.4. The molecule has 1 aromatic heterocycles. The topological polar surface area (TPSA) is 49.4 Å². The third-order valence-electron chi connectivity index (χ3n) is 5.16. The normalized spacial score (nSPS) is 14.1. The van der Waals surface area contributed by atoms with Crippen LogP contribution in [0.5, 0.6) is 0 Å². The van der Waals surface area contributed by atoms with Crippen LogP contribution in [0.2, 0.25) is 0 Å². The Morgan fingerprint density at radius 3 is 2.24 bits per heavy atom. The number of thiophene rings is 1. The molecule has 0 bridgehead atoms. The first-order valence-electron chi connectivity index (χ1n) is 9.45. The number of hydrogen-bond donors (Lipinski definition) is 1. The zero-order chi connectivity index (χ0) is 20.7. The van der Waals surface area contributed by atoms with Gasteiger partial charge in [-0.15, -0.1) is 11.3 Å². The summed E-state index contributed by atoms with van der Waals surface area (Å²) < 4.78 is 0. The Morgan fingerprint density at radius 1 is 0.862 bits per heavy atom. The van der Waals surface area contributed by atoms with Gasteiger partial charge < -0.3 is 5.32 Å². The molecule has 2 amide bonds. The number of nitrogens with zero attached hydrogens (tertiary/aromatic N) is 1. The Bertz CT molecular complexity index is 1140. The minimum atomic E-state index is -0.328. The number of hydrogen-bond acceptors (Lipinski definition) is 4. The molecule has 146 valence electrons. The fraction of sp³-hybridized carbons (Fsp3) is 0.167. The van der Waals surface area contributed by atoms with Crippen LogP contribution in [0, 0.1) is 27.7 Å². The van der Waals surface area contributed by atoms with E-state index in [1.165, 1.54) is 16.2 Å². The van der Waals surface area contributed by atoms with E-state index in [1.54, 1.807) is 0 Å². The Morgan fingerprint density at radius 2 is 1.59 bits per heavy atom. The molecule has 0 spiro atoms. The van der Waals surface area contributed by atoms with Gasteiger partial charge >= 0.3 is 0 Å². The Labute approximate surface area is 174 Å². The van der Waals surface area contributed by atoms with Gasteiger partial charge in [-0.3, -0.25) is 9.59 Å². The number of benzene rings is 2. The highest BCUT2D eigenvalue weighted by atomic mass is 32.1. The van der Waals surface area contributed by atoms with E-state index < -0.39 is 0 Å². The molecule has 1 aliphatic rings. The maximum Gasteiger partial charge on any atom is 0.282 e. The monoisotopic (exact) mass is 402 g/mol. The fourth-order valence-corrected chi connectivity index (χ4v) is 4.45. The molecule has 5 heteroatoms. The molecule has 3 aromatic rings. The van der Waals surface area contributed by atoms with E-state index in [-0.39, 0.29) is 11.8 Å². The summed E-state index contributed by atoms with van der Waals surface area (Å²) in [5.74, 6) is -0.621. The Balaban J connectivity index is 1.84. The van der Waals surface area contributed by atoms with Crippen molar-refractivity contribution in [3.63, 3.8) is 0 Å². The van der Waals surface area contributed by atoms with Crippen LogP contribution in [0.15, 0.2) is 59.6 Å². The lowest BCUT2D eigenvalue weighted by atomic mass is 10.1. The smallest absolute Gasteiger partial charge is 0.282 e. The molecule has 0 atom stereocenters. The molecule has 4 rings (SSSR count). The quantitative estimate of drug-likeness (QED) is 0.596. The fourth-order valence-electron chi connectivity index (χ4n) is 3.68. The highest BCUT2D eigenvalue weighted by Crippen LogP contribution is 2.37. The summed E-state index contributed by atoms with van der Waals surface area (Å²) in [5.41, 5.74) is 6.32. The van der Waals surface area contributed by atoms with Crippen LogP contribution >= 0.6 is 11.3 Å². The van der Waals surface area contributed by atoms with E-state index in [1.807, 2.05) is 75.5 Å². The summed E-state index contributed by atoms with van der Waals surface area (Å²) in [7, 11) is 0.